The van der Waals surface area contributed by atoms with Gasteiger partial charge in [-0.1, -0.05) is 35.4 Å². The standard InChI is InChI=1S/C22H25N7S/c1-15-7-5-6-11-28(15)20-19-17-10-12-27(13-16-8-3-2-4-9-16)14-18(17)30-21(19)29-22(23-20)24-25-26-29/h2-4,8-9,15H,5-7,10-14H2,1H3/p+1/t15-/m0/s1. The quantitative estimate of drug-likeness (QED) is 0.551. The van der Waals surface area contributed by atoms with E-state index in [4.69, 9.17) is 4.98 Å². The van der Waals surface area contributed by atoms with Gasteiger partial charge in [-0.2, -0.15) is 9.50 Å². The molecule has 0 saturated carbocycles. The highest BCUT2D eigenvalue weighted by atomic mass is 32.1. The molecular formula is C22H26N7S+. The third-order valence-electron chi connectivity index (χ3n) is 6.66. The van der Waals surface area contributed by atoms with Gasteiger partial charge in [-0.25, -0.2) is 0 Å². The summed E-state index contributed by atoms with van der Waals surface area (Å²) in [6.45, 7) is 6.67. The first-order chi connectivity index (χ1) is 14.8. The Morgan fingerprint density at radius 2 is 2.10 bits per heavy atom. The lowest BCUT2D eigenvalue weighted by Gasteiger charge is -2.35. The Labute approximate surface area is 179 Å². The lowest BCUT2D eigenvalue weighted by molar-refractivity contribution is -0.929. The molecule has 1 saturated heterocycles. The number of tetrazole rings is 1. The molecule has 2 atom stereocenters. The van der Waals surface area contributed by atoms with Crippen LogP contribution in [0.15, 0.2) is 30.3 Å². The molecule has 1 N–H and O–H groups in total. The lowest BCUT2D eigenvalue weighted by Crippen LogP contribution is -3.10. The van der Waals surface area contributed by atoms with Crippen LogP contribution in [0.4, 0.5) is 5.82 Å². The van der Waals surface area contributed by atoms with Crippen molar-refractivity contribution in [1.29, 1.82) is 0 Å². The molecular weight excluding hydrogens is 394 g/mol. The zero-order valence-electron chi connectivity index (χ0n) is 17.2. The number of fused-ring (bicyclic) bond motifs is 5. The second-order valence-corrected chi connectivity index (χ2v) is 9.72. The third-order valence-corrected chi connectivity index (χ3v) is 7.87. The Morgan fingerprint density at radius 3 is 2.97 bits per heavy atom. The molecule has 30 heavy (non-hydrogen) atoms. The topological polar surface area (TPSA) is 63.7 Å². The van der Waals surface area contributed by atoms with E-state index in [9.17, 15) is 0 Å². The number of nitrogens with zero attached hydrogens (tertiary/aromatic N) is 6. The third kappa shape index (κ3) is 2.97. The van der Waals surface area contributed by atoms with Crippen LogP contribution in [0.1, 0.15) is 42.2 Å². The van der Waals surface area contributed by atoms with Gasteiger partial charge in [0.2, 0.25) is 0 Å². The van der Waals surface area contributed by atoms with Crippen molar-refractivity contribution in [2.24, 2.45) is 0 Å². The number of piperidine rings is 1. The average molecular weight is 421 g/mol. The van der Waals surface area contributed by atoms with E-state index in [0.29, 0.717) is 11.8 Å². The molecule has 154 valence electrons. The second kappa shape index (κ2) is 7.28. The molecule has 7 nitrogen and oxygen atoms in total. The van der Waals surface area contributed by atoms with Gasteiger partial charge in [0.25, 0.3) is 5.78 Å². The molecule has 2 aliphatic heterocycles. The number of thiophene rings is 1. The predicted molar refractivity (Wildman–Crippen MR) is 118 cm³/mol. The van der Waals surface area contributed by atoms with Gasteiger partial charge in [-0.3, -0.25) is 0 Å². The molecule has 0 spiro atoms. The summed E-state index contributed by atoms with van der Waals surface area (Å²) in [5, 5.41) is 13.7. The predicted octanol–water partition coefficient (Wildman–Crippen LogP) is 2.25. The van der Waals surface area contributed by atoms with Crippen LogP contribution in [0.25, 0.3) is 16.0 Å². The summed E-state index contributed by atoms with van der Waals surface area (Å²) in [7, 11) is 0. The van der Waals surface area contributed by atoms with E-state index in [0.717, 1.165) is 43.2 Å². The van der Waals surface area contributed by atoms with E-state index in [1.165, 1.54) is 40.7 Å². The first-order valence-electron chi connectivity index (χ1n) is 10.9. The van der Waals surface area contributed by atoms with Gasteiger partial charge in [0.1, 0.15) is 23.7 Å². The summed E-state index contributed by atoms with van der Waals surface area (Å²) in [5.74, 6) is 1.71. The van der Waals surface area contributed by atoms with Crippen LogP contribution in [0.5, 0.6) is 0 Å². The van der Waals surface area contributed by atoms with Gasteiger partial charge in [-0.15, -0.1) is 11.3 Å². The maximum Gasteiger partial charge on any atom is 0.276 e. The van der Waals surface area contributed by atoms with Crippen LogP contribution in [0.2, 0.25) is 0 Å². The number of rotatable bonds is 3. The molecule has 4 aromatic rings. The molecule has 1 unspecified atom stereocenters. The summed E-state index contributed by atoms with van der Waals surface area (Å²) in [6.07, 6.45) is 4.84. The summed E-state index contributed by atoms with van der Waals surface area (Å²) in [6, 6.07) is 11.3. The average Bonchev–Trinajstić information content (AvgIpc) is 3.38. The van der Waals surface area contributed by atoms with Crippen molar-refractivity contribution >= 4 is 33.1 Å². The van der Waals surface area contributed by atoms with Crippen LogP contribution >= 0.6 is 11.3 Å². The van der Waals surface area contributed by atoms with Crippen LogP contribution in [0.3, 0.4) is 0 Å². The Hall–Kier alpha value is -2.58. The minimum atomic E-state index is 0.507. The molecule has 1 aromatic carbocycles. The largest absolute Gasteiger partial charge is 0.353 e. The smallest absolute Gasteiger partial charge is 0.276 e. The van der Waals surface area contributed by atoms with Gasteiger partial charge in [0.15, 0.2) is 0 Å². The first kappa shape index (κ1) is 18.2. The Bertz CT molecular complexity index is 1200. The molecule has 6 rings (SSSR count). The van der Waals surface area contributed by atoms with E-state index in [2.05, 4.69) is 57.7 Å². The first-order valence-corrected chi connectivity index (χ1v) is 11.8. The number of aromatic nitrogens is 5. The lowest BCUT2D eigenvalue weighted by atomic mass is 10.0. The summed E-state index contributed by atoms with van der Waals surface area (Å²) in [4.78, 5) is 11.7. The van der Waals surface area contributed by atoms with E-state index < -0.39 is 0 Å². The minimum absolute atomic E-state index is 0.507. The van der Waals surface area contributed by atoms with Crippen LogP contribution in [-0.4, -0.2) is 44.2 Å². The van der Waals surface area contributed by atoms with Crippen molar-refractivity contribution in [3.8, 4) is 0 Å². The highest BCUT2D eigenvalue weighted by Crippen LogP contribution is 2.39. The van der Waals surface area contributed by atoms with Crippen molar-refractivity contribution in [1.82, 2.24) is 25.0 Å². The molecule has 1 fully saturated rings. The van der Waals surface area contributed by atoms with Crippen LogP contribution in [0, 0.1) is 0 Å². The number of benzene rings is 1. The van der Waals surface area contributed by atoms with Crippen molar-refractivity contribution in [2.75, 3.05) is 18.0 Å². The van der Waals surface area contributed by atoms with Crippen molar-refractivity contribution < 1.29 is 4.90 Å². The van der Waals surface area contributed by atoms with Gasteiger partial charge in [0.05, 0.1) is 16.8 Å². The minimum Gasteiger partial charge on any atom is -0.353 e. The fraction of sp³-hybridized carbons (Fsp3) is 0.455. The summed E-state index contributed by atoms with van der Waals surface area (Å²) >= 11 is 1.86. The second-order valence-electron chi connectivity index (χ2n) is 8.64. The van der Waals surface area contributed by atoms with Crippen LogP contribution in [-0.2, 0) is 19.5 Å². The number of quaternary nitrogens is 1. The Morgan fingerprint density at radius 1 is 1.20 bits per heavy atom. The van der Waals surface area contributed by atoms with E-state index in [-0.39, 0.29) is 0 Å². The van der Waals surface area contributed by atoms with Crippen molar-refractivity contribution in [3.63, 3.8) is 0 Å². The molecule has 0 amide bonds. The van der Waals surface area contributed by atoms with E-state index in [1.807, 2.05) is 15.9 Å². The Kier molecular flexibility index (Phi) is 4.42. The van der Waals surface area contributed by atoms with E-state index >= 15 is 0 Å². The molecule has 2 aliphatic rings. The fourth-order valence-corrected chi connectivity index (χ4v) is 6.45. The van der Waals surface area contributed by atoms with E-state index in [1.54, 1.807) is 4.90 Å². The van der Waals surface area contributed by atoms with Gasteiger partial charge < -0.3 is 9.80 Å². The highest BCUT2D eigenvalue weighted by molar-refractivity contribution is 7.19. The number of hydrogen-bond donors (Lipinski definition) is 1. The number of hydrogen-bond acceptors (Lipinski definition) is 6. The van der Waals surface area contributed by atoms with Gasteiger partial charge >= 0.3 is 0 Å². The maximum absolute atomic E-state index is 4.96. The summed E-state index contributed by atoms with van der Waals surface area (Å²) < 4.78 is 1.84. The molecule has 3 aromatic heterocycles. The van der Waals surface area contributed by atoms with Gasteiger partial charge in [0, 0.05) is 24.6 Å². The zero-order valence-corrected chi connectivity index (χ0v) is 18.0. The molecule has 0 radical (unpaired) electrons. The highest BCUT2D eigenvalue weighted by Gasteiger charge is 2.31. The number of anilines is 1. The zero-order chi connectivity index (χ0) is 20.1. The van der Waals surface area contributed by atoms with Crippen LogP contribution < -0.4 is 9.80 Å². The molecule has 0 aliphatic carbocycles. The molecule has 5 heterocycles. The monoisotopic (exact) mass is 420 g/mol. The van der Waals surface area contributed by atoms with Crippen molar-refractivity contribution in [3.05, 3.63) is 46.3 Å². The van der Waals surface area contributed by atoms with Gasteiger partial charge in [-0.05, 0) is 42.2 Å². The molecule has 8 heteroatoms. The normalized spacial score (nSPS) is 22.0. The fourth-order valence-electron chi connectivity index (χ4n) is 5.09. The SMILES string of the molecule is C[C@H]1CCCCN1c1nc2nnnn2c2sc3c(c12)CC[NH+](Cc1ccccc1)C3. The Balaban J connectivity index is 1.44. The number of nitrogens with one attached hydrogen (secondary N) is 1. The molecule has 0 bridgehead atoms. The maximum atomic E-state index is 4.96. The van der Waals surface area contributed by atoms with Crippen molar-refractivity contribution in [2.45, 2.75) is 51.7 Å². The summed E-state index contributed by atoms with van der Waals surface area (Å²) in [5.41, 5.74) is 2.88.